The minimum Gasteiger partial charge on any atom is -0.465 e. The molecule has 1 aliphatic rings. The summed E-state index contributed by atoms with van der Waals surface area (Å²) in [7, 11) is 0. The van der Waals surface area contributed by atoms with Crippen molar-refractivity contribution in [2.24, 2.45) is 0 Å². The average Bonchev–Trinajstić information content (AvgIpc) is 3.47. The van der Waals surface area contributed by atoms with E-state index in [1.54, 1.807) is 10.7 Å². The second-order valence-corrected chi connectivity index (χ2v) is 8.84. The first kappa shape index (κ1) is 20.9. The van der Waals surface area contributed by atoms with Crippen LogP contribution in [0.15, 0.2) is 51.9 Å². The number of amides is 1. The number of nitrogens with one attached hydrogen (secondary N) is 1. The van der Waals surface area contributed by atoms with Gasteiger partial charge in [-0.05, 0) is 32.3 Å². The van der Waals surface area contributed by atoms with Crippen LogP contribution >= 0.6 is 0 Å². The predicted molar refractivity (Wildman–Crippen MR) is 119 cm³/mol. The Hall–Kier alpha value is -3.95. The van der Waals surface area contributed by atoms with Gasteiger partial charge in [-0.15, -0.1) is 0 Å². The van der Waals surface area contributed by atoms with E-state index in [9.17, 15) is 14.7 Å². The molecule has 0 radical (unpaired) electrons. The van der Waals surface area contributed by atoms with Crippen molar-refractivity contribution in [2.45, 2.75) is 38.0 Å². The Balaban J connectivity index is 1.50. The Kier molecular flexibility index (Phi) is 4.99. The second-order valence-electron chi connectivity index (χ2n) is 8.84. The first-order valence-corrected chi connectivity index (χ1v) is 10.8. The molecule has 1 saturated heterocycles. The van der Waals surface area contributed by atoms with E-state index in [2.05, 4.69) is 20.2 Å². The molecule has 4 heterocycles. The molecule has 0 bridgehead atoms. The van der Waals surface area contributed by atoms with Crippen LogP contribution in [0.25, 0.3) is 17.1 Å². The van der Waals surface area contributed by atoms with E-state index in [4.69, 9.17) is 4.52 Å². The number of H-pyrrole nitrogens is 1. The average molecular weight is 448 g/mol. The summed E-state index contributed by atoms with van der Waals surface area (Å²) in [6.07, 6.45) is 1.93. The van der Waals surface area contributed by atoms with E-state index < -0.39 is 11.5 Å². The molecule has 2 N–H and O–H groups in total. The van der Waals surface area contributed by atoms with Crippen molar-refractivity contribution in [3.63, 3.8) is 0 Å². The summed E-state index contributed by atoms with van der Waals surface area (Å²) >= 11 is 0. The maximum atomic E-state index is 12.5. The second kappa shape index (κ2) is 7.88. The predicted octanol–water partition coefficient (Wildman–Crippen LogP) is 3.26. The minimum absolute atomic E-state index is 0.0217. The van der Waals surface area contributed by atoms with Gasteiger partial charge in [-0.25, -0.2) is 9.31 Å². The highest BCUT2D eigenvalue weighted by molar-refractivity contribution is 5.71. The number of carbonyl (C=O) groups is 1. The van der Waals surface area contributed by atoms with Gasteiger partial charge in [0.15, 0.2) is 5.82 Å². The monoisotopic (exact) mass is 448 g/mol. The first-order chi connectivity index (χ1) is 15.8. The van der Waals surface area contributed by atoms with Crippen LogP contribution in [0.1, 0.15) is 49.7 Å². The van der Waals surface area contributed by atoms with E-state index in [0.29, 0.717) is 43.0 Å². The van der Waals surface area contributed by atoms with Crippen LogP contribution in [-0.4, -0.2) is 53.9 Å². The molecular formula is C23H24N6O4. The van der Waals surface area contributed by atoms with Crippen molar-refractivity contribution < 1.29 is 14.4 Å². The van der Waals surface area contributed by atoms with Crippen LogP contribution in [0.5, 0.6) is 0 Å². The maximum absolute atomic E-state index is 12.5. The Morgan fingerprint density at radius 3 is 2.64 bits per heavy atom. The van der Waals surface area contributed by atoms with Crippen LogP contribution in [0, 0.1) is 0 Å². The fourth-order valence-electron chi connectivity index (χ4n) is 4.40. The van der Waals surface area contributed by atoms with Gasteiger partial charge in [0.1, 0.15) is 11.2 Å². The highest BCUT2D eigenvalue weighted by atomic mass is 16.5. The van der Waals surface area contributed by atoms with E-state index in [-0.39, 0.29) is 17.4 Å². The lowest BCUT2D eigenvalue weighted by Crippen LogP contribution is -2.37. The number of piperidine rings is 1. The summed E-state index contributed by atoms with van der Waals surface area (Å²) in [5.74, 6) is 0.827. The molecule has 170 valence electrons. The van der Waals surface area contributed by atoms with Gasteiger partial charge in [0.05, 0.1) is 17.3 Å². The van der Waals surface area contributed by atoms with Gasteiger partial charge in [0, 0.05) is 25.1 Å². The quantitative estimate of drug-likeness (QED) is 0.490. The summed E-state index contributed by atoms with van der Waals surface area (Å²) in [6.45, 7) is 4.89. The van der Waals surface area contributed by atoms with Gasteiger partial charge in [-0.3, -0.25) is 4.79 Å². The third-order valence-electron chi connectivity index (χ3n) is 6.43. The van der Waals surface area contributed by atoms with E-state index in [1.807, 2.05) is 44.2 Å². The number of hydrogen-bond donors (Lipinski definition) is 2. The fourth-order valence-corrected chi connectivity index (χ4v) is 4.40. The number of hydrogen-bond acceptors (Lipinski definition) is 6. The zero-order valence-electron chi connectivity index (χ0n) is 18.4. The number of aromatic nitrogens is 5. The van der Waals surface area contributed by atoms with Crippen LogP contribution in [0.2, 0.25) is 0 Å². The number of aromatic amines is 1. The molecule has 0 saturated carbocycles. The first-order valence-electron chi connectivity index (χ1n) is 10.8. The molecule has 3 aromatic heterocycles. The molecule has 0 atom stereocenters. The van der Waals surface area contributed by atoms with Crippen LogP contribution in [0.4, 0.5) is 4.79 Å². The Morgan fingerprint density at radius 2 is 1.94 bits per heavy atom. The molecule has 1 amide bonds. The molecule has 10 heteroatoms. The largest absolute Gasteiger partial charge is 0.465 e. The molecule has 0 aliphatic carbocycles. The molecule has 1 fully saturated rings. The lowest BCUT2D eigenvalue weighted by molar-refractivity contribution is 0.131. The number of nitrogens with zero attached hydrogens (tertiary/aromatic N) is 5. The molecule has 4 aromatic rings. The minimum atomic E-state index is -0.920. The summed E-state index contributed by atoms with van der Waals surface area (Å²) in [5, 5.41) is 17.9. The third kappa shape index (κ3) is 3.67. The maximum Gasteiger partial charge on any atom is 0.407 e. The number of fused-ring (bicyclic) bond motifs is 1. The number of rotatable bonds is 4. The van der Waals surface area contributed by atoms with E-state index >= 15 is 0 Å². The number of carboxylic acid groups (broad SMARTS) is 1. The lowest BCUT2D eigenvalue weighted by Gasteiger charge is -2.30. The van der Waals surface area contributed by atoms with Crippen LogP contribution in [-0.2, 0) is 5.41 Å². The van der Waals surface area contributed by atoms with Crippen molar-refractivity contribution in [3.8, 4) is 11.5 Å². The molecule has 1 aromatic carbocycles. The number of likely N-dealkylation sites (tertiary alicyclic amines) is 1. The van der Waals surface area contributed by atoms with Gasteiger partial charge < -0.3 is 19.5 Å². The lowest BCUT2D eigenvalue weighted by atomic mass is 9.84. The molecule has 10 nitrogen and oxygen atoms in total. The fraction of sp³-hybridized carbons (Fsp3) is 0.348. The summed E-state index contributed by atoms with van der Waals surface area (Å²) in [6, 6.07) is 11.5. The topological polar surface area (TPSA) is 130 Å². The zero-order valence-corrected chi connectivity index (χ0v) is 18.4. The third-order valence-corrected chi connectivity index (χ3v) is 6.43. The van der Waals surface area contributed by atoms with Crippen molar-refractivity contribution >= 4 is 11.7 Å². The van der Waals surface area contributed by atoms with Crippen LogP contribution < -0.4 is 5.56 Å². The zero-order chi connectivity index (χ0) is 23.2. The highest BCUT2D eigenvalue weighted by Gasteiger charge is 2.30. The molecular weight excluding hydrogens is 424 g/mol. The molecule has 0 unspecified atom stereocenters. The van der Waals surface area contributed by atoms with E-state index in [1.165, 1.54) is 11.0 Å². The van der Waals surface area contributed by atoms with Gasteiger partial charge in [0.2, 0.25) is 0 Å². The van der Waals surface area contributed by atoms with Crippen molar-refractivity contribution in [1.29, 1.82) is 0 Å². The van der Waals surface area contributed by atoms with Gasteiger partial charge >= 0.3 is 6.09 Å². The molecule has 0 spiro atoms. The van der Waals surface area contributed by atoms with Crippen LogP contribution in [0.3, 0.4) is 0 Å². The number of benzene rings is 1. The Labute approximate surface area is 188 Å². The van der Waals surface area contributed by atoms with Crippen molar-refractivity contribution in [1.82, 2.24) is 29.6 Å². The van der Waals surface area contributed by atoms with Gasteiger partial charge in [-0.2, -0.15) is 10.1 Å². The highest BCUT2D eigenvalue weighted by Crippen LogP contribution is 2.33. The van der Waals surface area contributed by atoms with Gasteiger partial charge in [0.25, 0.3) is 11.4 Å². The van der Waals surface area contributed by atoms with E-state index in [0.717, 1.165) is 11.3 Å². The molecule has 33 heavy (non-hydrogen) atoms. The summed E-state index contributed by atoms with van der Waals surface area (Å²) in [4.78, 5) is 32.6. The summed E-state index contributed by atoms with van der Waals surface area (Å²) in [5.41, 5.74) is 2.09. The normalized spacial score (nSPS) is 15.3. The summed E-state index contributed by atoms with van der Waals surface area (Å²) < 4.78 is 7.27. The van der Waals surface area contributed by atoms with Gasteiger partial charge in [-0.1, -0.05) is 35.5 Å². The van der Waals surface area contributed by atoms with Crippen molar-refractivity contribution in [2.75, 3.05) is 13.1 Å². The standard InChI is InChI=1S/C23H24N6O4/c1-23(2,15-6-4-3-5-7-15)21-26-20(33-27-21)16-13-24-29-17(12-18(30)25-19(16)29)14-8-10-28(11-9-14)22(31)32/h3-7,12-14H,8-11H2,1-2H3,(H,25,30)(H,31,32). The Morgan fingerprint density at radius 1 is 1.21 bits per heavy atom. The Bertz CT molecular complexity index is 1360. The molecule has 5 rings (SSSR count). The smallest absolute Gasteiger partial charge is 0.407 e. The molecule has 1 aliphatic heterocycles. The van der Waals surface area contributed by atoms with Crippen molar-refractivity contribution in [3.05, 3.63) is 70.0 Å². The SMILES string of the molecule is CC(C)(c1ccccc1)c1noc(-c2cnn3c(C4CCN(C(=O)O)CC4)cc(=O)[nH]c23)n1.